The van der Waals surface area contributed by atoms with Gasteiger partial charge in [-0.05, 0) is 42.7 Å². The lowest BCUT2D eigenvalue weighted by molar-refractivity contribution is -0.192. The minimum atomic E-state index is -5.08. The molecule has 4 rings (SSSR count). The van der Waals surface area contributed by atoms with Crippen molar-refractivity contribution in [2.24, 2.45) is 0 Å². The lowest BCUT2D eigenvalue weighted by atomic mass is 10.0. The molecule has 1 aliphatic heterocycles. The van der Waals surface area contributed by atoms with Gasteiger partial charge in [-0.25, -0.2) is 18.6 Å². The lowest BCUT2D eigenvalue weighted by Gasteiger charge is -2.32. The maximum Gasteiger partial charge on any atom is 0.490 e. The first-order chi connectivity index (χ1) is 16.0. The van der Waals surface area contributed by atoms with E-state index >= 15 is 0 Å². The van der Waals surface area contributed by atoms with E-state index in [1.807, 2.05) is 24.3 Å². The number of carboxylic acids is 1. The number of hydrogen-bond acceptors (Lipinski definition) is 5. The summed E-state index contributed by atoms with van der Waals surface area (Å²) in [4.78, 5) is 19.1. The van der Waals surface area contributed by atoms with E-state index in [0.717, 1.165) is 55.0 Å². The largest absolute Gasteiger partial charge is 0.490 e. The molecule has 4 N–H and O–H groups in total. The minimum absolute atomic E-state index is 0.269. The van der Waals surface area contributed by atoms with Crippen molar-refractivity contribution >= 4 is 23.0 Å². The summed E-state index contributed by atoms with van der Waals surface area (Å²) in [5.41, 5.74) is 2.37. The zero-order valence-corrected chi connectivity index (χ0v) is 17.8. The van der Waals surface area contributed by atoms with Crippen molar-refractivity contribution in [2.75, 3.05) is 24.5 Å². The Morgan fingerprint density at radius 3 is 2.38 bits per heavy atom. The highest BCUT2D eigenvalue weighted by atomic mass is 19.4. The Labute approximate surface area is 191 Å². The number of para-hydroxylation sites is 2. The van der Waals surface area contributed by atoms with Gasteiger partial charge in [0.15, 0.2) is 11.6 Å². The number of benzene rings is 2. The summed E-state index contributed by atoms with van der Waals surface area (Å²) in [7, 11) is 0. The number of carbonyl (C=O) groups is 1. The Morgan fingerprint density at radius 2 is 1.79 bits per heavy atom. The van der Waals surface area contributed by atoms with E-state index in [1.165, 1.54) is 6.07 Å². The Balaban J connectivity index is 0.000000406. The number of nitrogens with zero attached hydrogens (tertiary/aromatic N) is 2. The van der Waals surface area contributed by atoms with Crippen LogP contribution in [0.4, 0.5) is 27.9 Å². The van der Waals surface area contributed by atoms with Gasteiger partial charge in [-0.15, -0.1) is 0 Å². The third-order valence-corrected chi connectivity index (χ3v) is 5.34. The molecule has 0 aliphatic carbocycles. The standard InChI is InChI=1S/C20H22F2N4O.C2HF3O2/c21-15-6-5-13(11-16(15)22)19(27)12-23-14-7-9-26(10-8-14)20-24-17-3-1-2-4-18(17)25-20;3-2(4,5)1(6)7/h1-6,11,14,19,23,27H,7-10,12H2,(H,24,25);(H,6,7). The van der Waals surface area contributed by atoms with Crippen LogP contribution in [0, 0.1) is 11.6 Å². The quantitative estimate of drug-likeness (QED) is 0.410. The number of alkyl halides is 3. The number of imidazole rings is 1. The van der Waals surface area contributed by atoms with Crippen molar-refractivity contribution in [1.82, 2.24) is 15.3 Å². The molecule has 0 amide bonds. The summed E-state index contributed by atoms with van der Waals surface area (Å²) < 4.78 is 58.0. The number of fused-ring (bicyclic) bond motifs is 1. The Morgan fingerprint density at radius 1 is 1.15 bits per heavy atom. The normalized spacial score (nSPS) is 15.6. The van der Waals surface area contributed by atoms with Crippen molar-refractivity contribution in [1.29, 1.82) is 0 Å². The van der Waals surface area contributed by atoms with Crippen LogP contribution in [0.2, 0.25) is 0 Å². The molecule has 1 fully saturated rings. The van der Waals surface area contributed by atoms with Crippen LogP contribution in [0.25, 0.3) is 11.0 Å². The van der Waals surface area contributed by atoms with Crippen LogP contribution >= 0.6 is 0 Å². The van der Waals surface area contributed by atoms with Crippen LogP contribution in [-0.4, -0.2) is 58.0 Å². The molecule has 184 valence electrons. The van der Waals surface area contributed by atoms with E-state index in [0.29, 0.717) is 12.1 Å². The number of rotatable bonds is 5. The van der Waals surface area contributed by atoms with Crippen LogP contribution in [-0.2, 0) is 4.79 Å². The first-order valence-corrected chi connectivity index (χ1v) is 10.4. The summed E-state index contributed by atoms with van der Waals surface area (Å²) in [5.74, 6) is -3.72. The topological polar surface area (TPSA) is 101 Å². The molecule has 2 heterocycles. The molecule has 3 aromatic rings. The molecule has 1 aliphatic rings. The average Bonchev–Trinajstić information content (AvgIpc) is 3.24. The fraction of sp³-hybridized carbons (Fsp3) is 0.364. The molecule has 7 nitrogen and oxygen atoms in total. The number of carboxylic acid groups (broad SMARTS) is 1. The van der Waals surface area contributed by atoms with E-state index in [2.05, 4.69) is 20.2 Å². The highest BCUT2D eigenvalue weighted by Crippen LogP contribution is 2.22. The second-order valence-electron chi connectivity index (χ2n) is 7.74. The fourth-order valence-corrected chi connectivity index (χ4v) is 3.50. The second-order valence-corrected chi connectivity index (χ2v) is 7.74. The van der Waals surface area contributed by atoms with E-state index in [1.54, 1.807) is 0 Å². The Hall–Kier alpha value is -3.25. The highest BCUT2D eigenvalue weighted by Gasteiger charge is 2.38. The predicted molar refractivity (Wildman–Crippen MR) is 114 cm³/mol. The van der Waals surface area contributed by atoms with Crippen molar-refractivity contribution in [3.63, 3.8) is 0 Å². The van der Waals surface area contributed by atoms with Crippen molar-refractivity contribution < 1.29 is 37.0 Å². The summed E-state index contributed by atoms with van der Waals surface area (Å²) in [6.45, 7) is 2.03. The number of aliphatic carboxylic acids is 1. The van der Waals surface area contributed by atoms with Gasteiger partial charge in [-0.2, -0.15) is 13.2 Å². The smallest absolute Gasteiger partial charge is 0.475 e. The van der Waals surface area contributed by atoms with Crippen LogP contribution in [0.5, 0.6) is 0 Å². The third-order valence-electron chi connectivity index (χ3n) is 5.34. The van der Waals surface area contributed by atoms with Crippen LogP contribution in [0.15, 0.2) is 42.5 Å². The van der Waals surface area contributed by atoms with E-state index < -0.39 is 29.9 Å². The molecular formula is C22H23F5N4O3. The zero-order chi connectivity index (χ0) is 24.9. The molecule has 34 heavy (non-hydrogen) atoms. The first kappa shape index (κ1) is 25.4. The summed E-state index contributed by atoms with van der Waals surface area (Å²) in [6, 6.07) is 11.7. The second kappa shape index (κ2) is 10.8. The molecule has 0 radical (unpaired) electrons. The van der Waals surface area contributed by atoms with Gasteiger partial charge in [-0.3, -0.25) is 0 Å². The summed E-state index contributed by atoms with van der Waals surface area (Å²) >= 11 is 0. The number of piperidine rings is 1. The lowest BCUT2D eigenvalue weighted by Crippen LogP contribution is -2.44. The van der Waals surface area contributed by atoms with Crippen molar-refractivity contribution in [3.05, 3.63) is 59.7 Å². The number of halogens is 5. The van der Waals surface area contributed by atoms with Crippen LogP contribution in [0.3, 0.4) is 0 Å². The molecule has 1 aromatic heterocycles. The molecule has 2 aromatic carbocycles. The maximum atomic E-state index is 13.3. The minimum Gasteiger partial charge on any atom is -0.475 e. The van der Waals surface area contributed by atoms with Gasteiger partial charge in [0.25, 0.3) is 0 Å². The monoisotopic (exact) mass is 486 g/mol. The zero-order valence-electron chi connectivity index (χ0n) is 17.8. The molecule has 0 saturated carbocycles. The van der Waals surface area contributed by atoms with Gasteiger partial charge in [-0.1, -0.05) is 18.2 Å². The van der Waals surface area contributed by atoms with Gasteiger partial charge in [0.05, 0.1) is 17.1 Å². The van der Waals surface area contributed by atoms with Gasteiger partial charge in [0.2, 0.25) is 5.95 Å². The van der Waals surface area contributed by atoms with E-state index in [4.69, 9.17) is 9.90 Å². The van der Waals surface area contributed by atoms with Crippen molar-refractivity contribution in [3.8, 4) is 0 Å². The van der Waals surface area contributed by atoms with Gasteiger partial charge < -0.3 is 25.4 Å². The SMILES string of the molecule is O=C(O)C(F)(F)F.OC(CNC1CCN(c2nc3ccccc3[nH]2)CC1)c1ccc(F)c(F)c1. The predicted octanol–water partition coefficient (Wildman–Crippen LogP) is 3.77. The average molecular weight is 486 g/mol. The van der Waals surface area contributed by atoms with E-state index in [-0.39, 0.29) is 6.04 Å². The Bertz CT molecular complexity index is 1080. The number of aliphatic hydroxyl groups is 1. The number of H-pyrrole nitrogens is 1. The van der Waals surface area contributed by atoms with Gasteiger partial charge in [0, 0.05) is 25.7 Å². The van der Waals surface area contributed by atoms with Crippen LogP contribution in [0.1, 0.15) is 24.5 Å². The van der Waals surface area contributed by atoms with Crippen molar-refractivity contribution in [2.45, 2.75) is 31.2 Å². The number of aromatic amines is 1. The van der Waals surface area contributed by atoms with E-state index in [9.17, 15) is 27.1 Å². The van der Waals surface area contributed by atoms with Gasteiger partial charge in [0.1, 0.15) is 0 Å². The molecule has 12 heteroatoms. The molecule has 1 unspecified atom stereocenters. The molecule has 1 atom stereocenters. The summed E-state index contributed by atoms with van der Waals surface area (Å²) in [6.07, 6.45) is -4.11. The summed E-state index contributed by atoms with van der Waals surface area (Å²) in [5, 5.41) is 20.7. The number of aliphatic hydroxyl groups excluding tert-OH is 1. The molecular weight excluding hydrogens is 463 g/mol. The van der Waals surface area contributed by atoms with Crippen LogP contribution < -0.4 is 10.2 Å². The number of nitrogens with one attached hydrogen (secondary N) is 2. The Kier molecular flexibility index (Phi) is 8.05. The van der Waals surface area contributed by atoms with Gasteiger partial charge >= 0.3 is 12.1 Å². The highest BCUT2D eigenvalue weighted by molar-refractivity contribution is 5.77. The molecule has 1 saturated heterocycles. The number of anilines is 1. The molecule has 0 bridgehead atoms. The number of aromatic nitrogens is 2. The number of hydrogen-bond donors (Lipinski definition) is 4. The first-order valence-electron chi connectivity index (χ1n) is 10.4. The fourth-order valence-electron chi connectivity index (χ4n) is 3.50. The molecule has 0 spiro atoms. The third kappa shape index (κ3) is 6.64. The maximum absolute atomic E-state index is 13.3.